The predicted molar refractivity (Wildman–Crippen MR) is 153 cm³/mol. The zero-order chi connectivity index (χ0) is 32.4. The molecule has 46 heavy (non-hydrogen) atoms. The number of aliphatic hydroxyl groups is 3. The van der Waals surface area contributed by atoms with Crippen LogP contribution in [0.2, 0.25) is 0 Å². The normalized spacial score (nSPS) is 10.1. The first-order valence-electron chi connectivity index (χ1n) is 12.7. The molecule has 0 fully saturated rings. The average molecular weight is 645 g/mol. The molecule has 0 aliphatic carbocycles. The van der Waals surface area contributed by atoms with Crippen LogP contribution in [0.5, 0.6) is 0 Å². The van der Waals surface area contributed by atoms with E-state index in [1.165, 1.54) is 78.0 Å². The first-order valence-corrected chi connectivity index (χ1v) is 12.7. The Labute approximate surface area is 260 Å². The molecule has 3 N–H and O–H groups in total. The Morgan fingerprint density at radius 2 is 0.891 bits per heavy atom. The molecule has 0 saturated carbocycles. The van der Waals surface area contributed by atoms with Crippen LogP contribution in [-0.2, 0) is 14.2 Å². The standard InChI is InChI=1S/C15H14N6O6.C7H6N4O.C3H8O3.CH4/c22-13(19-4-1-16-9-19)25-7-12(27-15(24)21-6-3-18-11-21)8-26-14(23)20-5-2-17-10-20;12-7(10-3-1-8-5-10)11-4-2-9-6-11;4-1-3(6)2-5;/h1-6,9-12H,7-8H2;1-6H;3-6H,1-2H2;1H4. The SMILES string of the molecule is C.O=C(OCC(COC(=O)n1ccnc1)OC(=O)n1ccnc1)n1ccnc1.O=C(n1ccnc1)n1ccnc1.OCC(O)CO. The molecule has 5 heterocycles. The van der Waals surface area contributed by atoms with Crippen LogP contribution in [0.25, 0.3) is 0 Å². The number of imidazole rings is 5. The fourth-order valence-electron chi connectivity index (χ4n) is 2.83. The fourth-order valence-corrected chi connectivity index (χ4v) is 2.83. The molecule has 0 bridgehead atoms. The van der Waals surface area contributed by atoms with Gasteiger partial charge in [0.25, 0.3) is 0 Å². The van der Waals surface area contributed by atoms with Crippen molar-refractivity contribution in [3.63, 3.8) is 0 Å². The number of rotatable bonds is 7. The average Bonchev–Trinajstić information content (AvgIpc) is 3.92. The molecule has 20 heteroatoms. The van der Waals surface area contributed by atoms with Gasteiger partial charge < -0.3 is 29.5 Å². The monoisotopic (exact) mass is 644 g/mol. The lowest BCUT2D eigenvalue weighted by Crippen LogP contribution is -2.33. The first kappa shape index (κ1) is 36.2. The highest BCUT2D eigenvalue weighted by molar-refractivity contribution is 5.78. The molecule has 0 atom stereocenters. The third kappa shape index (κ3) is 11.6. The van der Waals surface area contributed by atoms with Gasteiger partial charge in [-0.3, -0.25) is 9.13 Å². The summed E-state index contributed by atoms with van der Waals surface area (Å²) in [5.74, 6) is 0. The van der Waals surface area contributed by atoms with Crippen molar-refractivity contribution < 1.29 is 48.7 Å². The summed E-state index contributed by atoms with van der Waals surface area (Å²) in [5.41, 5.74) is 0. The minimum atomic E-state index is -1.04. The van der Waals surface area contributed by atoms with Gasteiger partial charge in [0, 0.05) is 62.0 Å². The van der Waals surface area contributed by atoms with Gasteiger partial charge in [0.1, 0.15) is 51.0 Å². The minimum absolute atomic E-state index is 0. The number of hydrogen-bond donors (Lipinski definition) is 3. The zero-order valence-corrected chi connectivity index (χ0v) is 23.3. The molecule has 0 aromatic carbocycles. The van der Waals surface area contributed by atoms with Crippen molar-refractivity contribution >= 4 is 24.3 Å². The molecular formula is C26H32N10O10. The summed E-state index contributed by atoms with van der Waals surface area (Å²) in [6.45, 7) is -1.41. The van der Waals surface area contributed by atoms with Crippen LogP contribution in [-0.4, -0.2) is 126 Å². The second-order valence-electron chi connectivity index (χ2n) is 8.31. The lowest BCUT2D eigenvalue weighted by Gasteiger charge is -2.18. The molecule has 0 aliphatic heterocycles. The van der Waals surface area contributed by atoms with Gasteiger partial charge in [-0.15, -0.1) is 0 Å². The van der Waals surface area contributed by atoms with Crippen LogP contribution in [0.3, 0.4) is 0 Å². The van der Waals surface area contributed by atoms with Crippen molar-refractivity contribution in [3.8, 4) is 0 Å². The lowest BCUT2D eigenvalue weighted by molar-refractivity contribution is 0.00820. The van der Waals surface area contributed by atoms with Crippen LogP contribution in [0, 0.1) is 0 Å². The number of carbonyl (C=O) groups excluding carboxylic acids is 4. The molecule has 20 nitrogen and oxygen atoms in total. The number of aromatic nitrogens is 10. The van der Waals surface area contributed by atoms with Crippen molar-refractivity contribution in [2.24, 2.45) is 0 Å². The molecule has 246 valence electrons. The fraction of sp³-hybridized carbons (Fsp3) is 0.269. The van der Waals surface area contributed by atoms with E-state index in [-0.39, 0.29) is 39.9 Å². The van der Waals surface area contributed by atoms with E-state index in [1.807, 2.05) is 0 Å². The second-order valence-corrected chi connectivity index (χ2v) is 8.31. The minimum Gasteiger partial charge on any atom is -0.445 e. The smallest absolute Gasteiger partial charge is 0.419 e. The summed E-state index contributed by atoms with van der Waals surface area (Å²) in [7, 11) is 0. The van der Waals surface area contributed by atoms with Crippen LogP contribution in [0.1, 0.15) is 7.43 Å². The van der Waals surface area contributed by atoms with E-state index in [9.17, 15) is 19.2 Å². The van der Waals surface area contributed by atoms with Gasteiger partial charge in [0.15, 0.2) is 6.10 Å². The molecule has 0 aliphatic rings. The Morgan fingerprint density at radius 3 is 1.17 bits per heavy atom. The second kappa shape index (κ2) is 19.3. The van der Waals surface area contributed by atoms with E-state index in [0.717, 1.165) is 13.7 Å². The van der Waals surface area contributed by atoms with Crippen LogP contribution in [0.4, 0.5) is 19.2 Å². The predicted octanol–water partition coefficient (Wildman–Crippen LogP) is 0.563. The van der Waals surface area contributed by atoms with Gasteiger partial charge in [-0.05, 0) is 0 Å². The highest BCUT2D eigenvalue weighted by Crippen LogP contribution is 2.03. The molecule has 0 amide bonds. The van der Waals surface area contributed by atoms with Gasteiger partial charge in [0.05, 0.1) is 13.2 Å². The maximum Gasteiger partial charge on any atom is 0.419 e. The highest BCUT2D eigenvalue weighted by atomic mass is 16.6. The molecule has 0 radical (unpaired) electrons. The van der Waals surface area contributed by atoms with Gasteiger partial charge in [0.2, 0.25) is 0 Å². The first-order chi connectivity index (χ1) is 21.8. The third-order valence-corrected chi connectivity index (χ3v) is 5.07. The van der Waals surface area contributed by atoms with Crippen LogP contribution in [0.15, 0.2) is 93.6 Å². The molecule has 0 saturated heterocycles. The number of nitrogens with zero attached hydrogens (tertiary/aromatic N) is 10. The molecule has 5 aromatic rings. The quantitative estimate of drug-likeness (QED) is 0.205. The topological polar surface area (TPSA) is 246 Å². The Balaban J connectivity index is 0.000000319. The summed E-state index contributed by atoms with van der Waals surface area (Å²) >= 11 is 0. The number of hydrogen-bond acceptors (Lipinski definition) is 15. The molecule has 5 aromatic heterocycles. The van der Waals surface area contributed by atoms with Gasteiger partial charge in [-0.25, -0.2) is 57.8 Å². The summed E-state index contributed by atoms with van der Waals surface area (Å²) in [6.07, 6.45) is 17.1. The van der Waals surface area contributed by atoms with E-state index in [4.69, 9.17) is 29.5 Å². The molecule has 0 unspecified atom stereocenters. The summed E-state index contributed by atoms with van der Waals surface area (Å²) in [6, 6.07) is -0.190. The van der Waals surface area contributed by atoms with Crippen molar-refractivity contribution in [2.75, 3.05) is 26.4 Å². The zero-order valence-electron chi connectivity index (χ0n) is 23.3. The Bertz CT molecular complexity index is 1450. The van der Waals surface area contributed by atoms with Gasteiger partial charge in [-0.1, -0.05) is 7.43 Å². The van der Waals surface area contributed by atoms with Crippen LogP contribution < -0.4 is 0 Å². The van der Waals surface area contributed by atoms with Crippen molar-refractivity contribution in [1.82, 2.24) is 47.8 Å². The van der Waals surface area contributed by atoms with E-state index >= 15 is 0 Å². The highest BCUT2D eigenvalue weighted by Gasteiger charge is 2.21. The Morgan fingerprint density at radius 1 is 0.565 bits per heavy atom. The Hall–Kier alpha value is -5.99. The van der Waals surface area contributed by atoms with E-state index in [2.05, 4.69) is 24.9 Å². The third-order valence-electron chi connectivity index (χ3n) is 5.07. The maximum atomic E-state index is 12.1. The molecule has 0 spiro atoms. The van der Waals surface area contributed by atoms with E-state index < -0.39 is 30.5 Å². The summed E-state index contributed by atoms with van der Waals surface area (Å²) < 4.78 is 21.4. The summed E-state index contributed by atoms with van der Waals surface area (Å²) in [4.78, 5) is 65.9. The Kier molecular flexibility index (Phi) is 15.2. The number of ether oxygens (including phenoxy) is 3. The van der Waals surface area contributed by atoms with Crippen molar-refractivity contribution in [1.29, 1.82) is 0 Å². The van der Waals surface area contributed by atoms with Crippen LogP contribution >= 0.6 is 0 Å². The number of aliphatic hydroxyl groups excluding tert-OH is 3. The number of carbonyl (C=O) groups is 4. The largest absolute Gasteiger partial charge is 0.445 e. The van der Waals surface area contributed by atoms with Gasteiger partial charge >= 0.3 is 24.3 Å². The maximum absolute atomic E-state index is 12.1. The van der Waals surface area contributed by atoms with Crippen molar-refractivity contribution in [3.05, 3.63) is 93.6 Å². The molecule has 5 rings (SSSR count). The van der Waals surface area contributed by atoms with E-state index in [1.54, 1.807) is 24.8 Å². The van der Waals surface area contributed by atoms with Crippen molar-refractivity contribution in [2.45, 2.75) is 19.6 Å². The van der Waals surface area contributed by atoms with Gasteiger partial charge in [-0.2, -0.15) is 0 Å². The molecular weight excluding hydrogens is 612 g/mol. The summed E-state index contributed by atoms with van der Waals surface area (Å²) in [5, 5.41) is 24.0. The van der Waals surface area contributed by atoms with E-state index in [0.29, 0.717) is 0 Å². The lowest BCUT2D eigenvalue weighted by atomic mass is 10.4.